The van der Waals surface area contributed by atoms with Crippen LogP contribution in [0.2, 0.25) is 0 Å². The van der Waals surface area contributed by atoms with Crippen LogP contribution in [0.25, 0.3) is 0 Å². The molecule has 2 atom stereocenters. The lowest BCUT2D eigenvalue weighted by molar-refractivity contribution is -0.128. The van der Waals surface area contributed by atoms with Gasteiger partial charge in [0.25, 0.3) is 0 Å². The molecule has 0 aromatic carbocycles. The van der Waals surface area contributed by atoms with E-state index in [0.29, 0.717) is 12.1 Å². The van der Waals surface area contributed by atoms with Crippen LogP contribution in [0.15, 0.2) is 24.4 Å². The van der Waals surface area contributed by atoms with Gasteiger partial charge < -0.3 is 5.11 Å². The number of nitrogens with zero attached hydrogens (tertiary/aromatic N) is 1. The Kier molecular flexibility index (Phi) is 3.11. The lowest BCUT2D eigenvalue weighted by Gasteiger charge is -2.24. The summed E-state index contributed by atoms with van der Waals surface area (Å²) in [5.74, 6) is -0.0620. The zero-order valence-electron chi connectivity index (χ0n) is 8.60. The topological polar surface area (TPSA) is 50.2 Å². The van der Waals surface area contributed by atoms with Gasteiger partial charge in [0.15, 0.2) is 0 Å². The highest BCUT2D eigenvalue weighted by molar-refractivity contribution is 5.82. The molecule has 1 aliphatic rings. The second-order valence-corrected chi connectivity index (χ2v) is 4.02. The summed E-state index contributed by atoms with van der Waals surface area (Å²) in [6, 6.07) is 5.41. The fraction of sp³-hybridized carbons (Fsp3) is 0.500. The molecule has 1 aromatic heterocycles. The zero-order valence-corrected chi connectivity index (χ0v) is 8.60. The van der Waals surface area contributed by atoms with Gasteiger partial charge in [-0.3, -0.25) is 9.78 Å². The monoisotopic (exact) mass is 205 g/mol. The number of hydrogen-bond donors (Lipinski definition) is 1. The third-order valence-electron chi connectivity index (χ3n) is 2.97. The van der Waals surface area contributed by atoms with Gasteiger partial charge >= 0.3 is 0 Å². The van der Waals surface area contributed by atoms with Gasteiger partial charge in [-0.15, -0.1) is 0 Å². The van der Waals surface area contributed by atoms with Crippen molar-refractivity contribution in [2.24, 2.45) is 5.92 Å². The number of aliphatic hydroxyl groups excluding tert-OH is 1. The third kappa shape index (κ3) is 2.23. The van der Waals surface area contributed by atoms with E-state index in [4.69, 9.17) is 0 Å². The Morgan fingerprint density at radius 3 is 2.93 bits per heavy atom. The first kappa shape index (κ1) is 10.3. The minimum Gasteiger partial charge on any atom is -0.386 e. The molecule has 0 spiro atoms. The predicted molar refractivity (Wildman–Crippen MR) is 56.2 cm³/mol. The van der Waals surface area contributed by atoms with E-state index < -0.39 is 6.10 Å². The molecule has 1 aliphatic carbocycles. The second kappa shape index (κ2) is 4.53. The number of hydrogen-bond acceptors (Lipinski definition) is 3. The first-order valence-electron chi connectivity index (χ1n) is 5.41. The van der Waals surface area contributed by atoms with Crippen LogP contribution in [0.5, 0.6) is 0 Å². The van der Waals surface area contributed by atoms with E-state index in [-0.39, 0.29) is 11.7 Å². The Hall–Kier alpha value is -1.22. The van der Waals surface area contributed by atoms with Gasteiger partial charge in [-0.05, 0) is 25.0 Å². The van der Waals surface area contributed by atoms with E-state index in [1.54, 1.807) is 18.3 Å². The van der Waals surface area contributed by atoms with E-state index >= 15 is 0 Å². The summed E-state index contributed by atoms with van der Waals surface area (Å²) in [5.41, 5.74) is 0.609. The molecule has 80 valence electrons. The molecule has 1 heterocycles. The molecule has 1 fully saturated rings. The highest BCUT2D eigenvalue weighted by Crippen LogP contribution is 2.30. The predicted octanol–water partition coefficient (Wildman–Crippen LogP) is 1.87. The maximum absolute atomic E-state index is 11.6. The van der Waals surface area contributed by atoms with Gasteiger partial charge in [0, 0.05) is 18.5 Å². The molecule has 1 aromatic rings. The Bertz CT molecular complexity index is 337. The van der Waals surface area contributed by atoms with E-state index in [1.807, 2.05) is 6.07 Å². The maximum Gasteiger partial charge on any atom is 0.138 e. The van der Waals surface area contributed by atoms with Crippen LogP contribution in [0.4, 0.5) is 0 Å². The summed E-state index contributed by atoms with van der Waals surface area (Å²) < 4.78 is 0. The number of aliphatic hydroxyl groups is 1. The summed E-state index contributed by atoms with van der Waals surface area (Å²) in [6.07, 6.45) is 4.31. The van der Waals surface area contributed by atoms with E-state index in [0.717, 1.165) is 19.3 Å². The molecule has 0 amide bonds. The second-order valence-electron chi connectivity index (χ2n) is 4.02. The molecule has 0 unspecified atom stereocenters. The van der Waals surface area contributed by atoms with Crippen LogP contribution in [-0.4, -0.2) is 15.9 Å². The molecule has 0 bridgehead atoms. The number of carbonyl (C=O) groups is 1. The minimum absolute atomic E-state index is 0.180. The molecule has 0 saturated heterocycles. The van der Waals surface area contributed by atoms with Crippen molar-refractivity contribution in [2.75, 3.05) is 0 Å². The fourth-order valence-corrected chi connectivity index (χ4v) is 2.10. The van der Waals surface area contributed by atoms with Crippen LogP contribution in [0.3, 0.4) is 0 Å². The van der Waals surface area contributed by atoms with Gasteiger partial charge in [-0.2, -0.15) is 0 Å². The van der Waals surface area contributed by atoms with Crippen molar-refractivity contribution >= 4 is 5.78 Å². The van der Waals surface area contributed by atoms with Crippen molar-refractivity contribution < 1.29 is 9.90 Å². The smallest absolute Gasteiger partial charge is 0.138 e. The van der Waals surface area contributed by atoms with Crippen molar-refractivity contribution in [3.63, 3.8) is 0 Å². The fourth-order valence-electron chi connectivity index (χ4n) is 2.10. The van der Waals surface area contributed by atoms with Crippen molar-refractivity contribution in [2.45, 2.75) is 31.8 Å². The quantitative estimate of drug-likeness (QED) is 0.802. The molecule has 0 radical (unpaired) electrons. The summed E-state index contributed by atoms with van der Waals surface area (Å²) in [7, 11) is 0. The average Bonchev–Trinajstić information content (AvgIpc) is 2.30. The van der Waals surface area contributed by atoms with Crippen molar-refractivity contribution in [3.05, 3.63) is 30.1 Å². The molecular weight excluding hydrogens is 190 g/mol. The lowest BCUT2D eigenvalue weighted by atomic mass is 9.83. The first-order valence-corrected chi connectivity index (χ1v) is 5.41. The zero-order chi connectivity index (χ0) is 10.7. The number of ketones is 1. The molecule has 2 rings (SSSR count). The number of carbonyl (C=O) groups excluding carboxylic acids is 1. The standard InChI is InChI=1S/C12H15NO2/c14-11-7-2-1-5-9(11)12(15)10-6-3-4-8-13-10/h3-4,6,8-9,12,15H,1-2,5,7H2/t9-,12-/m0/s1. The van der Waals surface area contributed by atoms with Crippen LogP contribution in [0, 0.1) is 5.92 Å². The molecule has 1 N–H and O–H groups in total. The van der Waals surface area contributed by atoms with Crippen molar-refractivity contribution in [1.29, 1.82) is 0 Å². The number of rotatable bonds is 2. The van der Waals surface area contributed by atoms with Gasteiger partial charge in [0.1, 0.15) is 11.9 Å². The van der Waals surface area contributed by atoms with Gasteiger partial charge in [0.2, 0.25) is 0 Å². The lowest BCUT2D eigenvalue weighted by Crippen LogP contribution is -2.26. The highest BCUT2D eigenvalue weighted by atomic mass is 16.3. The minimum atomic E-state index is -0.723. The van der Waals surface area contributed by atoms with Crippen molar-refractivity contribution in [1.82, 2.24) is 4.98 Å². The molecule has 15 heavy (non-hydrogen) atoms. The van der Waals surface area contributed by atoms with Crippen LogP contribution < -0.4 is 0 Å². The highest BCUT2D eigenvalue weighted by Gasteiger charge is 2.30. The Labute approximate surface area is 89.2 Å². The Morgan fingerprint density at radius 1 is 1.40 bits per heavy atom. The largest absolute Gasteiger partial charge is 0.386 e. The van der Waals surface area contributed by atoms with E-state index in [1.165, 1.54) is 0 Å². The summed E-state index contributed by atoms with van der Waals surface area (Å²) in [5, 5.41) is 10.0. The van der Waals surface area contributed by atoms with E-state index in [2.05, 4.69) is 4.98 Å². The maximum atomic E-state index is 11.6. The Morgan fingerprint density at radius 2 is 2.27 bits per heavy atom. The SMILES string of the molecule is O=C1CCCC[C@@H]1[C@H](O)c1ccccn1. The third-order valence-corrected chi connectivity index (χ3v) is 2.97. The number of aromatic nitrogens is 1. The van der Waals surface area contributed by atoms with Crippen LogP contribution in [-0.2, 0) is 4.79 Å². The van der Waals surface area contributed by atoms with Gasteiger partial charge in [-0.1, -0.05) is 12.5 Å². The van der Waals surface area contributed by atoms with Crippen LogP contribution in [0.1, 0.15) is 37.5 Å². The van der Waals surface area contributed by atoms with Crippen LogP contribution >= 0.6 is 0 Å². The Balaban J connectivity index is 2.13. The van der Waals surface area contributed by atoms with E-state index in [9.17, 15) is 9.90 Å². The molecular formula is C12H15NO2. The molecule has 3 heteroatoms. The number of pyridine rings is 1. The average molecular weight is 205 g/mol. The molecule has 0 aliphatic heterocycles. The molecule has 3 nitrogen and oxygen atoms in total. The summed E-state index contributed by atoms with van der Waals surface area (Å²) in [6.45, 7) is 0. The normalized spacial score (nSPS) is 23.8. The van der Waals surface area contributed by atoms with Gasteiger partial charge in [-0.25, -0.2) is 0 Å². The summed E-state index contributed by atoms with van der Waals surface area (Å²) >= 11 is 0. The summed E-state index contributed by atoms with van der Waals surface area (Å²) in [4.78, 5) is 15.7. The number of Topliss-reactive ketones (excluding diaryl/α,β-unsaturated/α-hetero) is 1. The van der Waals surface area contributed by atoms with Crippen molar-refractivity contribution in [3.8, 4) is 0 Å². The first-order chi connectivity index (χ1) is 7.29. The molecule has 1 saturated carbocycles. The van der Waals surface area contributed by atoms with Gasteiger partial charge in [0.05, 0.1) is 5.69 Å².